The Labute approximate surface area is 160 Å². The normalized spacial score (nSPS) is 15.3. The zero-order chi connectivity index (χ0) is 19.0. The van der Waals surface area contributed by atoms with Crippen molar-refractivity contribution in [1.29, 1.82) is 0 Å². The molecule has 0 saturated carbocycles. The Balaban J connectivity index is 1.69. The van der Waals surface area contributed by atoms with Crippen LogP contribution >= 0.6 is 11.3 Å². The lowest BCUT2D eigenvalue weighted by Crippen LogP contribution is -2.29. The lowest BCUT2D eigenvalue weighted by molar-refractivity contribution is 0.0789. The van der Waals surface area contributed by atoms with Crippen molar-refractivity contribution < 1.29 is 9.18 Å². The topological polar surface area (TPSA) is 71.0 Å². The molecule has 3 heterocycles. The summed E-state index contributed by atoms with van der Waals surface area (Å²) in [4.78, 5) is 28.2. The van der Waals surface area contributed by atoms with Crippen LogP contribution in [0.4, 0.5) is 10.3 Å². The molecule has 4 rings (SSSR count). The van der Waals surface area contributed by atoms with Gasteiger partial charge in [-0.25, -0.2) is 14.4 Å². The van der Waals surface area contributed by atoms with E-state index in [1.54, 1.807) is 6.07 Å². The summed E-state index contributed by atoms with van der Waals surface area (Å²) in [7, 11) is 0. The van der Waals surface area contributed by atoms with E-state index >= 15 is 0 Å². The number of carbonyl (C=O) groups is 1. The van der Waals surface area contributed by atoms with Gasteiger partial charge >= 0.3 is 0 Å². The third kappa shape index (κ3) is 3.62. The molecule has 0 radical (unpaired) electrons. The van der Waals surface area contributed by atoms with Crippen molar-refractivity contribution in [3.63, 3.8) is 0 Å². The van der Waals surface area contributed by atoms with E-state index in [4.69, 9.17) is 0 Å². The fourth-order valence-electron chi connectivity index (χ4n) is 3.26. The number of nitrogens with zero attached hydrogens (tertiary/aromatic N) is 4. The lowest BCUT2D eigenvalue weighted by Gasteiger charge is -2.17. The van der Waals surface area contributed by atoms with Gasteiger partial charge in [-0.1, -0.05) is 12.1 Å². The van der Waals surface area contributed by atoms with Crippen LogP contribution in [0, 0.1) is 12.7 Å². The number of aromatic nitrogens is 3. The molecule has 3 aromatic rings. The van der Waals surface area contributed by atoms with Crippen molar-refractivity contribution in [3.8, 4) is 0 Å². The number of hydrogen-bond donors (Lipinski definition) is 1. The number of nitrogens with one attached hydrogen (secondary N) is 1. The molecule has 1 amide bonds. The number of benzene rings is 1. The molecule has 27 heavy (non-hydrogen) atoms. The Hall–Kier alpha value is -2.61. The molecule has 0 aliphatic carbocycles. The zero-order valence-electron chi connectivity index (χ0n) is 15.2. The number of rotatable bonds is 4. The van der Waals surface area contributed by atoms with Crippen molar-refractivity contribution in [2.45, 2.75) is 32.7 Å². The molecule has 0 spiro atoms. The molecule has 1 N–H and O–H groups in total. The molecule has 1 atom stereocenters. The van der Waals surface area contributed by atoms with E-state index in [-0.39, 0.29) is 17.8 Å². The van der Waals surface area contributed by atoms with E-state index in [0.717, 1.165) is 36.5 Å². The minimum atomic E-state index is -0.294. The first kappa shape index (κ1) is 17.8. The first-order valence-corrected chi connectivity index (χ1v) is 9.79. The van der Waals surface area contributed by atoms with E-state index in [1.165, 1.54) is 23.5 Å². The maximum absolute atomic E-state index is 13.5. The van der Waals surface area contributed by atoms with Crippen LogP contribution in [0.5, 0.6) is 0 Å². The van der Waals surface area contributed by atoms with Crippen molar-refractivity contribution in [2.24, 2.45) is 0 Å². The Morgan fingerprint density at radius 2 is 2.04 bits per heavy atom. The van der Waals surface area contributed by atoms with Crippen molar-refractivity contribution >= 4 is 33.5 Å². The van der Waals surface area contributed by atoms with E-state index in [0.29, 0.717) is 22.0 Å². The molecule has 1 fully saturated rings. The van der Waals surface area contributed by atoms with Gasteiger partial charge in [0.1, 0.15) is 10.5 Å². The number of thiazole rings is 1. The minimum Gasteiger partial charge on any atom is -0.348 e. The fourth-order valence-corrected chi connectivity index (χ4v) is 4.10. The lowest BCUT2D eigenvalue weighted by atomic mass is 10.1. The summed E-state index contributed by atoms with van der Waals surface area (Å²) in [5.41, 5.74) is 1.69. The van der Waals surface area contributed by atoms with Crippen LogP contribution in [0.25, 0.3) is 10.3 Å². The van der Waals surface area contributed by atoms with Crippen LogP contribution in [0.1, 0.15) is 46.9 Å². The molecule has 8 heteroatoms. The summed E-state index contributed by atoms with van der Waals surface area (Å²) in [6, 6.07) is 6.16. The average Bonchev–Trinajstić information content (AvgIpc) is 3.29. The minimum absolute atomic E-state index is 0.0787. The van der Waals surface area contributed by atoms with E-state index in [1.807, 2.05) is 24.8 Å². The molecule has 1 aromatic carbocycles. The van der Waals surface area contributed by atoms with Crippen molar-refractivity contribution in [1.82, 2.24) is 19.9 Å². The number of aryl methyl sites for hydroxylation is 1. The molecule has 1 saturated heterocycles. The molecule has 0 bridgehead atoms. The summed E-state index contributed by atoms with van der Waals surface area (Å²) in [5.74, 6) is -0.0466. The third-order valence-electron chi connectivity index (χ3n) is 4.65. The summed E-state index contributed by atoms with van der Waals surface area (Å²) in [5, 5.41) is 4.02. The van der Waals surface area contributed by atoms with Gasteiger partial charge in [-0.3, -0.25) is 4.79 Å². The number of anilines is 1. The largest absolute Gasteiger partial charge is 0.348 e. The second-order valence-corrected chi connectivity index (χ2v) is 7.90. The number of halogens is 1. The SMILES string of the molecule is Cc1nc2nc(NC(C)c3cccc(F)c3)nc(C(=O)N3CCCC3)c2s1. The van der Waals surface area contributed by atoms with Crippen LogP contribution in [0.15, 0.2) is 24.3 Å². The Bertz CT molecular complexity index is 999. The predicted molar refractivity (Wildman–Crippen MR) is 104 cm³/mol. The van der Waals surface area contributed by atoms with Gasteiger partial charge in [0, 0.05) is 13.1 Å². The highest BCUT2D eigenvalue weighted by Gasteiger charge is 2.25. The van der Waals surface area contributed by atoms with Gasteiger partial charge in [0.2, 0.25) is 5.95 Å². The predicted octanol–water partition coefficient (Wildman–Crippen LogP) is 3.94. The van der Waals surface area contributed by atoms with Gasteiger partial charge in [-0.05, 0) is 44.4 Å². The highest BCUT2D eigenvalue weighted by Crippen LogP contribution is 2.27. The zero-order valence-corrected chi connectivity index (χ0v) is 16.0. The average molecular weight is 385 g/mol. The van der Waals surface area contributed by atoms with Crippen LogP contribution < -0.4 is 5.32 Å². The van der Waals surface area contributed by atoms with E-state index < -0.39 is 0 Å². The highest BCUT2D eigenvalue weighted by molar-refractivity contribution is 7.18. The highest BCUT2D eigenvalue weighted by atomic mass is 32.1. The van der Waals surface area contributed by atoms with Gasteiger partial charge in [-0.15, -0.1) is 11.3 Å². The molecular formula is C19H20FN5OS. The van der Waals surface area contributed by atoms with Crippen molar-refractivity contribution in [2.75, 3.05) is 18.4 Å². The maximum atomic E-state index is 13.5. The van der Waals surface area contributed by atoms with E-state index in [9.17, 15) is 9.18 Å². The van der Waals surface area contributed by atoms with Gasteiger partial charge < -0.3 is 10.2 Å². The van der Waals surface area contributed by atoms with Crippen LogP contribution in [-0.4, -0.2) is 38.8 Å². The summed E-state index contributed by atoms with van der Waals surface area (Å²) < 4.78 is 14.2. The summed E-state index contributed by atoms with van der Waals surface area (Å²) in [6.07, 6.45) is 2.03. The fraction of sp³-hybridized carbons (Fsp3) is 0.368. The smallest absolute Gasteiger partial charge is 0.274 e. The number of amides is 1. The van der Waals surface area contributed by atoms with Crippen molar-refractivity contribution in [3.05, 3.63) is 46.3 Å². The third-order valence-corrected chi connectivity index (χ3v) is 5.62. The van der Waals surface area contributed by atoms with Gasteiger partial charge in [0.25, 0.3) is 5.91 Å². The summed E-state index contributed by atoms with van der Waals surface area (Å²) in [6.45, 7) is 5.30. The summed E-state index contributed by atoms with van der Waals surface area (Å²) >= 11 is 1.43. The quantitative estimate of drug-likeness (QED) is 0.736. The monoisotopic (exact) mass is 385 g/mol. The number of likely N-dealkylation sites (tertiary alicyclic amines) is 1. The first-order valence-electron chi connectivity index (χ1n) is 8.98. The molecule has 2 aromatic heterocycles. The maximum Gasteiger partial charge on any atom is 0.274 e. The van der Waals surface area contributed by atoms with E-state index in [2.05, 4.69) is 20.3 Å². The second kappa shape index (κ2) is 7.19. The van der Waals surface area contributed by atoms with Gasteiger partial charge in [0.15, 0.2) is 11.3 Å². The molecule has 1 aliphatic heterocycles. The molecule has 1 aliphatic rings. The van der Waals surface area contributed by atoms with Crippen LogP contribution in [0.3, 0.4) is 0 Å². The first-order chi connectivity index (χ1) is 13.0. The Morgan fingerprint density at radius 1 is 1.26 bits per heavy atom. The number of hydrogen-bond acceptors (Lipinski definition) is 6. The molecule has 140 valence electrons. The van der Waals surface area contributed by atoms with Gasteiger partial charge in [-0.2, -0.15) is 4.98 Å². The number of carbonyl (C=O) groups excluding carboxylic acids is 1. The van der Waals surface area contributed by atoms with Crippen LogP contribution in [0.2, 0.25) is 0 Å². The second-order valence-electron chi connectivity index (χ2n) is 6.70. The Kier molecular flexibility index (Phi) is 4.73. The number of fused-ring (bicyclic) bond motifs is 1. The molecule has 1 unspecified atom stereocenters. The molecule has 6 nitrogen and oxygen atoms in total. The molecular weight excluding hydrogens is 365 g/mol. The standard InChI is InChI=1S/C19H20FN5OS/c1-11(13-6-5-7-14(20)10-13)21-19-23-15(18(26)25-8-3-4-9-25)16-17(24-19)22-12(2)27-16/h5-7,10-11H,3-4,8-9H2,1-2H3,(H,21,23,24). The van der Waals surface area contributed by atoms with Crippen LogP contribution in [-0.2, 0) is 0 Å². The Morgan fingerprint density at radius 3 is 2.78 bits per heavy atom. The van der Waals surface area contributed by atoms with Gasteiger partial charge in [0.05, 0.1) is 11.0 Å².